The zero-order valence-electron chi connectivity index (χ0n) is 7.27. The maximum atomic E-state index is 3.00. The summed E-state index contributed by atoms with van der Waals surface area (Å²) >= 11 is 0. The summed E-state index contributed by atoms with van der Waals surface area (Å²) in [5, 5.41) is 0. The molecule has 1 heteroatoms. The molecule has 1 aliphatic rings. The number of hydrogen-bond donors (Lipinski definition) is 0. The first-order valence-corrected chi connectivity index (χ1v) is 3.97. The van der Waals surface area contributed by atoms with Gasteiger partial charge in [0.05, 0.1) is 0 Å². The molecular formula is C9H19N. The lowest BCUT2D eigenvalue weighted by Crippen LogP contribution is -2.23. The number of hydrogen-bond acceptors (Lipinski definition) is 1. The molecule has 1 saturated carbocycles. The van der Waals surface area contributed by atoms with E-state index in [4.69, 9.17) is 0 Å². The Morgan fingerprint density at radius 1 is 1.10 bits per heavy atom. The zero-order valence-corrected chi connectivity index (χ0v) is 7.27. The van der Waals surface area contributed by atoms with Crippen molar-refractivity contribution in [1.29, 1.82) is 0 Å². The van der Waals surface area contributed by atoms with Gasteiger partial charge in [-0.2, -0.15) is 0 Å². The van der Waals surface area contributed by atoms with Crippen LogP contribution in [0.1, 0.15) is 25.7 Å². The van der Waals surface area contributed by atoms with Crippen LogP contribution in [0.5, 0.6) is 0 Å². The predicted molar refractivity (Wildman–Crippen MR) is 47.2 cm³/mol. The molecule has 1 nitrogen and oxygen atoms in total. The average Bonchev–Trinajstić information content (AvgIpc) is 2.42. The molecule has 0 aromatic heterocycles. The van der Waals surface area contributed by atoms with Gasteiger partial charge in [-0.05, 0) is 26.9 Å². The number of rotatable bonds is 1. The van der Waals surface area contributed by atoms with Gasteiger partial charge in [-0.1, -0.05) is 12.8 Å². The molecule has 0 aliphatic heterocycles. The summed E-state index contributed by atoms with van der Waals surface area (Å²) in [6.45, 7) is 6.00. The molecule has 0 heterocycles. The highest BCUT2D eigenvalue weighted by Crippen LogP contribution is 2.20. The first kappa shape index (κ1) is 9.70. The fourth-order valence-corrected chi connectivity index (χ4v) is 1.42. The van der Waals surface area contributed by atoms with E-state index in [9.17, 15) is 0 Å². The third-order valence-corrected chi connectivity index (χ3v) is 2.05. The second-order valence-corrected chi connectivity index (χ2v) is 2.90. The molecule has 10 heavy (non-hydrogen) atoms. The predicted octanol–water partition coefficient (Wildman–Crippen LogP) is 2.29. The maximum absolute atomic E-state index is 3.00. The first-order chi connectivity index (χ1) is 4.80. The highest BCUT2D eigenvalue weighted by Gasteiger charge is 2.15. The Hall–Kier alpha value is -0.300. The molecule has 1 fully saturated rings. The third-order valence-electron chi connectivity index (χ3n) is 2.05. The van der Waals surface area contributed by atoms with Gasteiger partial charge in [-0.25, -0.2) is 0 Å². The Balaban J connectivity index is 0.000000371. The molecule has 0 saturated heterocycles. The molecular weight excluding hydrogens is 122 g/mol. The van der Waals surface area contributed by atoms with E-state index in [0.717, 1.165) is 6.04 Å². The lowest BCUT2D eigenvalue weighted by atomic mass is 10.2. The average molecular weight is 141 g/mol. The van der Waals surface area contributed by atoms with E-state index in [1.165, 1.54) is 25.7 Å². The summed E-state index contributed by atoms with van der Waals surface area (Å²) in [5.41, 5.74) is 0. The Labute approximate surface area is 64.7 Å². The van der Waals surface area contributed by atoms with Crippen molar-refractivity contribution in [2.75, 3.05) is 14.1 Å². The van der Waals surface area contributed by atoms with E-state index >= 15 is 0 Å². The minimum absolute atomic E-state index is 0.898. The molecule has 1 rings (SSSR count). The fourth-order valence-electron chi connectivity index (χ4n) is 1.42. The van der Waals surface area contributed by atoms with Crippen LogP contribution >= 0.6 is 0 Å². The van der Waals surface area contributed by atoms with Gasteiger partial charge in [0.1, 0.15) is 0 Å². The summed E-state index contributed by atoms with van der Waals surface area (Å²) in [5.74, 6) is 0. The van der Waals surface area contributed by atoms with E-state index in [2.05, 4.69) is 32.2 Å². The van der Waals surface area contributed by atoms with Gasteiger partial charge in [-0.15, -0.1) is 13.2 Å². The Morgan fingerprint density at radius 3 is 1.70 bits per heavy atom. The van der Waals surface area contributed by atoms with E-state index < -0.39 is 0 Å². The molecule has 0 aromatic rings. The standard InChI is InChI=1S/C7H15N.C2H4/c1-8(2)7-5-3-4-6-7;1-2/h7H,3-6H2,1-2H3;1-2H2. The fraction of sp³-hybridized carbons (Fsp3) is 0.778. The molecule has 0 amide bonds. The molecule has 0 bridgehead atoms. The second-order valence-electron chi connectivity index (χ2n) is 2.90. The van der Waals surface area contributed by atoms with Gasteiger partial charge >= 0.3 is 0 Å². The zero-order chi connectivity index (χ0) is 7.98. The van der Waals surface area contributed by atoms with Crippen LogP contribution in [0.25, 0.3) is 0 Å². The van der Waals surface area contributed by atoms with Crippen LogP contribution < -0.4 is 0 Å². The monoisotopic (exact) mass is 141 g/mol. The van der Waals surface area contributed by atoms with Gasteiger partial charge < -0.3 is 4.90 Å². The normalized spacial score (nSPS) is 18.7. The van der Waals surface area contributed by atoms with Gasteiger partial charge in [0, 0.05) is 6.04 Å². The first-order valence-electron chi connectivity index (χ1n) is 3.97. The van der Waals surface area contributed by atoms with Crippen LogP contribution in [0.15, 0.2) is 13.2 Å². The van der Waals surface area contributed by atoms with E-state index in [0.29, 0.717) is 0 Å². The van der Waals surface area contributed by atoms with Crippen LogP contribution in [-0.4, -0.2) is 25.0 Å². The van der Waals surface area contributed by atoms with Gasteiger partial charge in [-0.3, -0.25) is 0 Å². The van der Waals surface area contributed by atoms with Crippen LogP contribution in [0.4, 0.5) is 0 Å². The van der Waals surface area contributed by atoms with Crippen LogP contribution in [0.3, 0.4) is 0 Å². The smallest absolute Gasteiger partial charge is 0.00891 e. The molecule has 0 aromatic carbocycles. The number of nitrogens with zero attached hydrogens (tertiary/aromatic N) is 1. The van der Waals surface area contributed by atoms with Crippen molar-refractivity contribution in [2.24, 2.45) is 0 Å². The van der Waals surface area contributed by atoms with Crippen molar-refractivity contribution in [2.45, 2.75) is 31.7 Å². The van der Waals surface area contributed by atoms with E-state index in [1.807, 2.05) is 0 Å². The lowest BCUT2D eigenvalue weighted by molar-refractivity contribution is 0.299. The van der Waals surface area contributed by atoms with E-state index in [1.54, 1.807) is 0 Å². The molecule has 60 valence electrons. The molecule has 0 spiro atoms. The van der Waals surface area contributed by atoms with Crippen LogP contribution in [-0.2, 0) is 0 Å². The minimum atomic E-state index is 0.898. The van der Waals surface area contributed by atoms with Gasteiger partial charge in [0.15, 0.2) is 0 Å². The van der Waals surface area contributed by atoms with Crippen LogP contribution in [0, 0.1) is 0 Å². The summed E-state index contributed by atoms with van der Waals surface area (Å²) in [6.07, 6.45) is 5.74. The third kappa shape index (κ3) is 3.02. The second kappa shape index (κ2) is 5.48. The van der Waals surface area contributed by atoms with E-state index in [-0.39, 0.29) is 0 Å². The van der Waals surface area contributed by atoms with Gasteiger partial charge in [0.2, 0.25) is 0 Å². The Kier molecular flexibility index (Phi) is 5.32. The maximum Gasteiger partial charge on any atom is 0.00891 e. The van der Waals surface area contributed by atoms with Crippen molar-refractivity contribution in [3.8, 4) is 0 Å². The topological polar surface area (TPSA) is 3.24 Å². The largest absolute Gasteiger partial charge is 0.306 e. The highest BCUT2D eigenvalue weighted by molar-refractivity contribution is 4.72. The molecule has 1 aliphatic carbocycles. The quantitative estimate of drug-likeness (QED) is 0.506. The summed E-state index contributed by atoms with van der Waals surface area (Å²) in [7, 11) is 4.35. The molecule has 0 atom stereocenters. The van der Waals surface area contributed by atoms with Crippen molar-refractivity contribution < 1.29 is 0 Å². The van der Waals surface area contributed by atoms with Crippen molar-refractivity contribution >= 4 is 0 Å². The summed E-state index contributed by atoms with van der Waals surface area (Å²) < 4.78 is 0. The lowest BCUT2D eigenvalue weighted by Gasteiger charge is -2.17. The SMILES string of the molecule is C=C.CN(C)C1CCCC1. The van der Waals surface area contributed by atoms with Crippen molar-refractivity contribution in [3.05, 3.63) is 13.2 Å². The van der Waals surface area contributed by atoms with Crippen molar-refractivity contribution in [1.82, 2.24) is 4.90 Å². The minimum Gasteiger partial charge on any atom is -0.306 e. The van der Waals surface area contributed by atoms with Gasteiger partial charge in [0.25, 0.3) is 0 Å². The Morgan fingerprint density at radius 2 is 1.50 bits per heavy atom. The highest BCUT2D eigenvalue weighted by atomic mass is 15.1. The molecule has 0 N–H and O–H groups in total. The Bertz CT molecular complexity index is 72.8. The summed E-state index contributed by atoms with van der Waals surface area (Å²) in [6, 6.07) is 0.898. The molecule has 0 radical (unpaired) electrons. The molecule has 0 unspecified atom stereocenters. The van der Waals surface area contributed by atoms with Crippen molar-refractivity contribution in [3.63, 3.8) is 0 Å². The van der Waals surface area contributed by atoms with Crippen LogP contribution in [0.2, 0.25) is 0 Å². The summed E-state index contributed by atoms with van der Waals surface area (Å²) in [4.78, 5) is 2.34.